The SMILES string of the molecule is CCCCC(NC1CCCCCC1C)c1ccc(F)cc1. The Labute approximate surface area is 129 Å². The Morgan fingerprint density at radius 3 is 2.57 bits per heavy atom. The van der Waals surface area contributed by atoms with Crippen molar-refractivity contribution in [2.45, 2.75) is 77.3 Å². The predicted molar refractivity (Wildman–Crippen MR) is 87.8 cm³/mol. The monoisotopic (exact) mass is 291 g/mol. The highest BCUT2D eigenvalue weighted by Gasteiger charge is 2.23. The average Bonchev–Trinajstić information content (AvgIpc) is 2.69. The van der Waals surface area contributed by atoms with Gasteiger partial charge in [-0.25, -0.2) is 4.39 Å². The molecule has 2 rings (SSSR count). The molecule has 1 aliphatic rings. The smallest absolute Gasteiger partial charge is 0.123 e. The van der Waals surface area contributed by atoms with Crippen LogP contribution in [0, 0.1) is 11.7 Å². The minimum atomic E-state index is -0.143. The zero-order chi connectivity index (χ0) is 15.1. The van der Waals surface area contributed by atoms with Crippen molar-refractivity contribution in [1.82, 2.24) is 5.32 Å². The Hall–Kier alpha value is -0.890. The number of rotatable bonds is 6. The normalized spacial score (nSPS) is 24.5. The first-order valence-corrected chi connectivity index (χ1v) is 8.72. The largest absolute Gasteiger partial charge is 0.307 e. The molecule has 1 nitrogen and oxygen atoms in total. The van der Waals surface area contributed by atoms with Crippen molar-refractivity contribution >= 4 is 0 Å². The Morgan fingerprint density at radius 1 is 1.14 bits per heavy atom. The van der Waals surface area contributed by atoms with Gasteiger partial charge < -0.3 is 5.32 Å². The van der Waals surface area contributed by atoms with Gasteiger partial charge in [-0.15, -0.1) is 0 Å². The van der Waals surface area contributed by atoms with Crippen LogP contribution in [0.1, 0.15) is 76.8 Å². The van der Waals surface area contributed by atoms with Gasteiger partial charge in [0.1, 0.15) is 5.82 Å². The topological polar surface area (TPSA) is 12.0 Å². The summed E-state index contributed by atoms with van der Waals surface area (Å²) in [6.07, 6.45) is 10.3. The summed E-state index contributed by atoms with van der Waals surface area (Å²) in [5.41, 5.74) is 1.24. The molecule has 0 spiro atoms. The highest BCUT2D eigenvalue weighted by Crippen LogP contribution is 2.27. The second kappa shape index (κ2) is 8.53. The van der Waals surface area contributed by atoms with E-state index in [1.165, 1.54) is 50.5 Å². The lowest BCUT2D eigenvalue weighted by Gasteiger charge is -2.29. The van der Waals surface area contributed by atoms with E-state index >= 15 is 0 Å². The Bertz CT molecular complexity index is 401. The standard InChI is InChI=1S/C19H30FN/c1-3-4-9-19(16-11-13-17(20)14-12-16)21-18-10-7-5-6-8-15(18)2/h11-15,18-19,21H,3-10H2,1-2H3. The molecule has 118 valence electrons. The summed E-state index contributed by atoms with van der Waals surface area (Å²) in [6, 6.07) is 8.06. The van der Waals surface area contributed by atoms with Crippen LogP contribution in [-0.4, -0.2) is 6.04 Å². The molecule has 0 aromatic heterocycles. The first-order valence-electron chi connectivity index (χ1n) is 8.72. The molecular weight excluding hydrogens is 261 g/mol. The van der Waals surface area contributed by atoms with Gasteiger partial charge in [-0.2, -0.15) is 0 Å². The average molecular weight is 291 g/mol. The third-order valence-electron chi connectivity index (χ3n) is 4.90. The van der Waals surface area contributed by atoms with Crippen molar-refractivity contribution in [3.8, 4) is 0 Å². The van der Waals surface area contributed by atoms with E-state index in [1.54, 1.807) is 12.1 Å². The summed E-state index contributed by atoms with van der Waals surface area (Å²) in [6.45, 7) is 4.61. The van der Waals surface area contributed by atoms with E-state index in [0.29, 0.717) is 12.1 Å². The maximum atomic E-state index is 13.2. The van der Waals surface area contributed by atoms with Crippen LogP contribution in [-0.2, 0) is 0 Å². The molecule has 1 aromatic carbocycles. The zero-order valence-electron chi connectivity index (χ0n) is 13.6. The molecule has 1 aromatic rings. The van der Waals surface area contributed by atoms with Crippen molar-refractivity contribution in [2.24, 2.45) is 5.92 Å². The van der Waals surface area contributed by atoms with Gasteiger partial charge in [0.25, 0.3) is 0 Å². The van der Waals surface area contributed by atoms with Crippen LogP contribution in [0.2, 0.25) is 0 Å². The fraction of sp³-hybridized carbons (Fsp3) is 0.684. The minimum Gasteiger partial charge on any atom is -0.307 e. The number of unbranched alkanes of at least 4 members (excludes halogenated alkanes) is 1. The molecule has 0 heterocycles. The van der Waals surface area contributed by atoms with Crippen LogP contribution >= 0.6 is 0 Å². The molecule has 3 unspecified atom stereocenters. The summed E-state index contributed by atoms with van der Waals surface area (Å²) in [5, 5.41) is 3.89. The summed E-state index contributed by atoms with van der Waals surface area (Å²) in [7, 11) is 0. The number of nitrogens with one attached hydrogen (secondary N) is 1. The highest BCUT2D eigenvalue weighted by atomic mass is 19.1. The maximum Gasteiger partial charge on any atom is 0.123 e. The number of benzene rings is 1. The molecule has 0 radical (unpaired) electrons. The van der Waals surface area contributed by atoms with Gasteiger partial charge in [0.15, 0.2) is 0 Å². The molecular formula is C19H30FN. The molecule has 1 N–H and O–H groups in total. The minimum absolute atomic E-state index is 0.143. The van der Waals surface area contributed by atoms with Crippen LogP contribution < -0.4 is 5.32 Å². The van der Waals surface area contributed by atoms with Gasteiger partial charge in [-0.3, -0.25) is 0 Å². The van der Waals surface area contributed by atoms with Gasteiger partial charge in [-0.05, 0) is 42.9 Å². The van der Waals surface area contributed by atoms with Crippen molar-refractivity contribution in [3.63, 3.8) is 0 Å². The zero-order valence-corrected chi connectivity index (χ0v) is 13.6. The van der Waals surface area contributed by atoms with E-state index in [9.17, 15) is 4.39 Å². The van der Waals surface area contributed by atoms with E-state index < -0.39 is 0 Å². The van der Waals surface area contributed by atoms with Crippen molar-refractivity contribution in [1.29, 1.82) is 0 Å². The molecule has 0 bridgehead atoms. The predicted octanol–water partition coefficient (Wildman–Crippen LogP) is 5.62. The summed E-state index contributed by atoms with van der Waals surface area (Å²) in [5.74, 6) is 0.605. The molecule has 21 heavy (non-hydrogen) atoms. The summed E-state index contributed by atoms with van der Waals surface area (Å²) >= 11 is 0. The van der Waals surface area contributed by atoms with Crippen molar-refractivity contribution in [2.75, 3.05) is 0 Å². The highest BCUT2D eigenvalue weighted by molar-refractivity contribution is 5.20. The van der Waals surface area contributed by atoms with E-state index in [-0.39, 0.29) is 5.82 Å². The fourth-order valence-corrected chi connectivity index (χ4v) is 3.45. The Balaban J connectivity index is 2.05. The summed E-state index contributed by atoms with van der Waals surface area (Å²) in [4.78, 5) is 0. The first kappa shape index (κ1) is 16.5. The molecule has 0 aliphatic heterocycles. The van der Waals surface area contributed by atoms with Gasteiger partial charge in [0.2, 0.25) is 0 Å². The molecule has 3 atom stereocenters. The quantitative estimate of drug-likeness (QED) is 0.671. The molecule has 2 heteroatoms. The van der Waals surface area contributed by atoms with Gasteiger partial charge in [0.05, 0.1) is 0 Å². The first-order chi connectivity index (χ1) is 10.2. The third kappa shape index (κ3) is 5.10. The van der Waals surface area contributed by atoms with Crippen LogP contribution in [0.5, 0.6) is 0 Å². The maximum absolute atomic E-state index is 13.2. The Kier molecular flexibility index (Phi) is 6.69. The van der Waals surface area contributed by atoms with E-state index in [0.717, 1.165) is 12.3 Å². The second-order valence-corrected chi connectivity index (χ2v) is 6.63. The van der Waals surface area contributed by atoms with E-state index in [1.807, 2.05) is 12.1 Å². The lowest BCUT2D eigenvalue weighted by Crippen LogP contribution is -2.37. The van der Waals surface area contributed by atoms with Crippen LogP contribution in [0.3, 0.4) is 0 Å². The van der Waals surface area contributed by atoms with Crippen LogP contribution in [0.25, 0.3) is 0 Å². The van der Waals surface area contributed by atoms with Crippen molar-refractivity contribution < 1.29 is 4.39 Å². The number of halogens is 1. The number of hydrogen-bond donors (Lipinski definition) is 1. The summed E-state index contributed by atoms with van der Waals surface area (Å²) < 4.78 is 13.2. The van der Waals surface area contributed by atoms with E-state index in [2.05, 4.69) is 19.2 Å². The van der Waals surface area contributed by atoms with Crippen LogP contribution in [0.15, 0.2) is 24.3 Å². The van der Waals surface area contributed by atoms with Gasteiger partial charge in [0, 0.05) is 12.1 Å². The molecule has 1 aliphatic carbocycles. The van der Waals surface area contributed by atoms with Crippen LogP contribution in [0.4, 0.5) is 4.39 Å². The molecule has 1 fully saturated rings. The molecule has 0 saturated heterocycles. The third-order valence-corrected chi connectivity index (χ3v) is 4.90. The van der Waals surface area contributed by atoms with Crippen molar-refractivity contribution in [3.05, 3.63) is 35.6 Å². The van der Waals surface area contributed by atoms with E-state index in [4.69, 9.17) is 0 Å². The number of hydrogen-bond acceptors (Lipinski definition) is 1. The second-order valence-electron chi connectivity index (χ2n) is 6.63. The fourth-order valence-electron chi connectivity index (χ4n) is 3.45. The molecule has 0 amide bonds. The lowest BCUT2D eigenvalue weighted by molar-refractivity contribution is 0.311. The molecule has 1 saturated carbocycles. The lowest BCUT2D eigenvalue weighted by atomic mass is 9.93. The Morgan fingerprint density at radius 2 is 1.86 bits per heavy atom. The van der Waals surface area contributed by atoms with Gasteiger partial charge in [-0.1, -0.05) is 58.1 Å². The van der Waals surface area contributed by atoms with Gasteiger partial charge >= 0.3 is 0 Å².